The molecule has 0 aliphatic heterocycles. The van der Waals surface area contributed by atoms with E-state index in [-0.39, 0.29) is 5.03 Å². The predicted octanol–water partition coefficient (Wildman–Crippen LogP) is 0.862. The molecule has 0 bridgehead atoms. The second-order valence-electron chi connectivity index (χ2n) is 3.09. The van der Waals surface area contributed by atoms with Gasteiger partial charge in [-0.2, -0.15) is 0 Å². The molecule has 0 fully saturated rings. The summed E-state index contributed by atoms with van der Waals surface area (Å²) >= 11 is 0. The first-order valence-corrected chi connectivity index (χ1v) is 6.05. The molecule has 7 heteroatoms. The molecule has 0 saturated carbocycles. The van der Waals surface area contributed by atoms with Gasteiger partial charge in [-0.25, -0.2) is 13.1 Å². The van der Waals surface area contributed by atoms with Crippen LogP contribution in [0.1, 0.15) is 13.8 Å². The van der Waals surface area contributed by atoms with Crippen LogP contribution in [0.3, 0.4) is 0 Å². The minimum absolute atomic E-state index is 0.0529. The summed E-state index contributed by atoms with van der Waals surface area (Å²) in [5, 5.41) is 7.06. The summed E-state index contributed by atoms with van der Waals surface area (Å²) in [5.41, 5.74) is 0. The zero-order chi connectivity index (χ0) is 10.1. The van der Waals surface area contributed by atoms with Gasteiger partial charge in [0.1, 0.15) is 0 Å². The summed E-state index contributed by atoms with van der Waals surface area (Å²) in [6.07, 6.45) is 1.14. The third-order valence-electron chi connectivity index (χ3n) is 1.37. The van der Waals surface area contributed by atoms with Crippen LogP contribution < -0.4 is 0 Å². The Kier molecular flexibility index (Phi) is 2.92. The van der Waals surface area contributed by atoms with Crippen LogP contribution >= 0.6 is 10.7 Å². The molecule has 13 heavy (non-hydrogen) atoms. The van der Waals surface area contributed by atoms with Crippen LogP contribution in [0.25, 0.3) is 0 Å². The normalized spacial score (nSPS) is 12.3. The summed E-state index contributed by atoms with van der Waals surface area (Å²) < 4.78 is 23.2. The standard InChI is InChI=1S/C6H10ClN3O2S/c1-5(2)4-10-6(3-8-9-10)13(7,11)12/h3,5H,4H2,1-2H3. The number of aromatic nitrogens is 3. The van der Waals surface area contributed by atoms with Crippen LogP contribution in [0.5, 0.6) is 0 Å². The van der Waals surface area contributed by atoms with Crippen LogP contribution in [0, 0.1) is 5.92 Å². The van der Waals surface area contributed by atoms with Gasteiger partial charge in [-0.15, -0.1) is 5.10 Å². The maximum atomic E-state index is 11.0. The molecule has 0 atom stereocenters. The van der Waals surface area contributed by atoms with E-state index in [0.717, 1.165) is 6.20 Å². The van der Waals surface area contributed by atoms with Gasteiger partial charge in [0.15, 0.2) is 5.03 Å². The van der Waals surface area contributed by atoms with Gasteiger partial charge in [0, 0.05) is 17.2 Å². The van der Waals surface area contributed by atoms with E-state index in [1.807, 2.05) is 13.8 Å². The van der Waals surface area contributed by atoms with E-state index in [4.69, 9.17) is 10.7 Å². The van der Waals surface area contributed by atoms with Gasteiger partial charge in [0.25, 0.3) is 9.05 Å². The van der Waals surface area contributed by atoms with E-state index in [1.165, 1.54) is 4.68 Å². The molecule has 1 rings (SSSR count). The number of rotatable bonds is 3. The van der Waals surface area contributed by atoms with Crippen molar-refractivity contribution in [3.63, 3.8) is 0 Å². The van der Waals surface area contributed by atoms with Crippen LogP contribution in [0.2, 0.25) is 0 Å². The highest BCUT2D eigenvalue weighted by molar-refractivity contribution is 8.13. The number of nitrogens with zero attached hydrogens (tertiary/aromatic N) is 3. The fourth-order valence-electron chi connectivity index (χ4n) is 0.909. The Labute approximate surface area is 81.1 Å². The second-order valence-corrected chi connectivity index (χ2v) is 5.60. The van der Waals surface area contributed by atoms with Crippen LogP contribution in [-0.4, -0.2) is 23.4 Å². The molecule has 0 unspecified atom stereocenters. The molecule has 1 aromatic heterocycles. The average Bonchev–Trinajstić information content (AvgIpc) is 2.31. The van der Waals surface area contributed by atoms with E-state index < -0.39 is 9.05 Å². The van der Waals surface area contributed by atoms with Crippen LogP contribution in [0.15, 0.2) is 11.2 Å². The van der Waals surface area contributed by atoms with Gasteiger partial charge in [0.2, 0.25) is 0 Å². The third kappa shape index (κ3) is 2.67. The Bertz CT molecular complexity index is 384. The number of halogens is 1. The maximum Gasteiger partial charge on any atom is 0.279 e. The number of hydrogen-bond donors (Lipinski definition) is 0. The van der Waals surface area contributed by atoms with Crippen molar-refractivity contribution in [2.24, 2.45) is 5.92 Å². The van der Waals surface area contributed by atoms with E-state index in [9.17, 15) is 8.42 Å². The van der Waals surface area contributed by atoms with E-state index in [0.29, 0.717) is 12.5 Å². The van der Waals surface area contributed by atoms with E-state index >= 15 is 0 Å². The van der Waals surface area contributed by atoms with Crippen molar-refractivity contribution < 1.29 is 8.42 Å². The Balaban J connectivity index is 3.04. The van der Waals surface area contributed by atoms with E-state index in [2.05, 4.69) is 10.3 Å². The van der Waals surface area contributed by atoms with Crippen molar-refractivity contribution in [3.05, 3.63) is 6.20 Å². The fraction of sp³-hybridized carbons (Fsp3) is 0.667. The van der Waals surface area contributed by atoms with E-state index in [1.54, 1.807) is 0 Å². The predicted molar refractivity (Wildman–Crippen MR) is 47.9 cm³/mol. The van der Waals surface area contributed by atoms with Crippen molar-refractivity contribution in [1.29, 1.82) is 0 Å². The molecule has 0 spiro atoms. The fourth-order valence-corrected chi connectivity index (χ4v) is 1.80. The van der Waals surface area contributed by atoms with Crippen molar-refractivity contribution in [3.8, 4) is 0 Å². The SMILES string of the molecule is CC(C)Cn1nncc1S(=O)(=O)Cl. The molecule has 0 aliphatic carbocycles. The lowest BCUT2D eigenvalue weighted by molar-refractivity contribution is 0.442. The van der Waals surface area contributed by atoms with Gasteiger partial charge in [-0.3, -0.25) is 0 Å². The largest absolute Gasteiger partial charge is 0.279 e. The molecule has 0 aromatic carbocycles. The molecule has 1 heterocycles. The van der Waals surface area contributed by atoms with Gasteiger partial charge in [-0.05, 0) is 5.92 Å². The molecule has 0 saturated heterocycles. The summed E-state index contributed by atoms with van der Waals surface area (Å²) in [6.45, 7) is 4.39. The molecule has 0 aliphatic rings. The molecule has 0 N–H and O–H groups in total. The third-order valence-corrected chi connectivity index (χ3v) is 2.66. The minimum atomic E-state index is -3.73. The second kappa shape index (κ2) is 3.63. The highest BCUT2D eigenvalue weighted by atomic mass is 35.7. The summed E-state index contributed by atoms with van der Waals surface area (Å²) in [6, 6.07) is 0. The Hall–Kier alpha value is -0.620. The maximum absolute atomic E-state index is 11.0. The first-order valence-electron chi connectivity index (χ1n) is 3.74. The highest BCUT2D eigenvalue weighted by Gasteiger charge is 2.17. The highest BCUT2D eigenvalue weighted by Crippen LogP contribution is 2.13. The molecule has 0 amide bonds. The van der Waals surface area contributed by atoms with Crippen LogP contribution in [0.4, 0.5) is 0 Å². The summed E-state index contributed by atoms with van der Waals surface area (Å²) in [7, 11) is 1.43. The minimum Gasteiger partial charge on any atom is -0.233 e. The zero-order valence-electron chi connectivity index (χ0n) is 7.31. The number of hydrogen-bond acceptors (Lipinski definition) is 4. The molecule has 1 aromatic rings. The van der Waals surface area contributed by atoms with Gasteiger partial charge in [0.05, 0.1) is 6.20 Å². The average molecular weight is 224 g/mol. The lowest BCUT2D eigenvalue weighted by atomic mass is 10.2. The molecule has 5 nitrogen and oxygen atoms in total. The first kappa shape index (κ1) is 10.5. The Morgan fingerprint density at radius 3 is 2.69 bits per heavy atom. The topological polar surface area (TPSA) is 64.8 Å². The summed E-state index contributed by atoms with van der Waals surface area (Å²) in [5.74, 6) is 0.291. The van der Waals surface area contributed by atoms with Gasteiger partial charge < -0.3 is 0 Å². The lowest BCUT2D eigenvalue weighted by Crippen LogP contribution is -2.11. The smallest absolute Gasteiger partial charge is 0.233 e. The molecular formula is C6H10ClN3O2S. The monoisotopic (exact) mass is 223 g/mol. The Morgan fingerprint density at radius 1 is 1.62 bits per heavy atom. The molecule has 74 valence electrons. The Morgan fingerprint density at radius 2 is 2.23 bits per heavy atom. The van der Waals surface area contributed by atoms with Crippen molar-refractivity contribution >= 4 is 19.7 Å². The zero-order valence-corrected chi connectivity index (χ0v) is 8.88. The van der Waals surface area contributed by atoms with Crippen LogP contribution in [-0.2, 0) is 15.6 Å². The summed E-state index contributed by atoms with van der Waals surface area (Å²) in [4.78, 5) is 0. The van der Waals surface area contributed by atoms with Crippen molar-refractivity contribution in [1.82, 2.24) is 15.0 Å². The molecule has 0 radical (unpaired) electrons. The lowest BCUT2D eigenvalue weighted by Gasteiger charge is -2.05. The van der Waals surface area contributed by atoms with Crippen molar-refractivity contribution in [2.45, 2.75) is 25.4 Å². The first-order chi connectivity index (χ1) is 5.91. The van der Waals surface area contributed by atoms with Gasteiger partial charge >= 0.3 is 0 Å². The van der Waals surface area contributed by atoms with Gasteiger partial charge in [-0.1, -0.05) is 19.1 Å². The van der Waals surface area contributed by atoms with Crippen molar-refractivity contribution in [2.75, 3.05) is 0 Å². The molecular weight excluding hydrogens is 214 g/mol. The quantitative estimate of drug-likeness (QED) is 0.713.